The lowest BCUT2D eigenvalue weighted by Crippen LogP contribution is -2.09. The number of carbonyl (C=O) groups is 1. The van der Waals surface area contributed by atoms with Crippen LogP contribution in [0.15, 0.2) is 36.4 Å². The predicted molar refractivity (Wildman–Crippen MR) is 72.1 cm³/mol. The van der Waals surface area contributed by atoms with Crippen LogP contribution in [-0.2, 0) is 6.42 Å². The number of benzene rings is 2. The Bertz CT molecular complexity index is 651. The zero-order valence-corrected chi connectivity index (χ0v) is 11.2. The van der Waals surface area contributed by atoms with E-state index >= 15 is 0 Å². The fraction of sp³-hybridized carbons (Fsp3) is 0.188. The Kier molecular flexibility index (Phi) is 4.13. The molecule has 0 N–H and O–H groups in total. The van der Waals surface area contributed by atoms with Crippen molar-refractivity contribution in [3.63, 3.8) is 0 Å². The van der Waals surface area contributed by atoms with E-state index in [1.54, 1.807) is 6.92 Å². The Labute approximate surface area is 116 Å². The Hall–Kier alpha value is -2.23. The summed E-state index contributed by atoms with van der Waals surface area (Å²) >= 11 is 0. The van der Waals surface area contributed by atoms with Crippen molar-refractivity contribution in [3.05, 3.63) is 64.7 Å². The fourth-order valence-corrected chi connectivity index (χ4v) is 2.06. The minimum absolute atomic E-state index is 0.00338. The lowest BCUT2D eigenvalue weighted by atomic mass is 9.98. The minimum atomic E-state index is -0.617. The fourth-order valence-electron chi connectivity index (χ4n) is 2.06. The van der Waals surface area contributed by atoms with Gasteiger partial charge in [0.25, 0.3) is 0 Å². The molecule has 0 spiro atoms. The van der Waals surface area contributed by atoms with Gasteiger partial charge in [0.05, 0.1) is 12.7 Å². The van der Waals surface area contributed by atoms with Crippen molar-refractivity contribution < 1.29 is 18.3 Å². The molecule has 0 amide bonds. The second-order valence-corrected chi connectivity index (χ2v) is 4.49. The normalized spacial score (nSPS) is 10.4. The summed E-state index contributed by atoms with van der Waals surface area (Å²) in [6.45, 7) is 1.71. The molecule has 0 unspecified atom stereocenters. The molecule has 0 aliphatic heterocycles. The third-order valence-electron chi connectivity index (χ3n) is 3.13. The zero-order valence-electron chi connectivity index (χ0n) is 11.2. The highest BCUT2D eigenvalue weighted by Crippen LogP contribution is 2.23. The van der Waals surface area contributed by atoms with Gasteiger partial charge in [-0.15, -0.1) is 0 Å². The van der Waals surface area contributed by atoms with E-state index in [0.717, 1.165) is 0 Å². The maximum atomic E-state index is 13.8. The van der Waals surface area contributed by atoms with Gasteiger partial charge in [-0.3, -0.25) is 4.79 Å². The monoisotopic (exact) mass is 276 g/mol. The first-order valence-electron chi connectivity index (χ1n) is 6.13. The Balaban J connectivity index is 2.33. The SMILES string of the molecule is COc1cccc(F)c1C(=O)Cc1ccc(F)cc1C. The number of methoxy groups -OCH3 is 1. The molecule has 20 heavy (non-hydrogen) atoms. The van der Waals surface area contributed by atoms with Crippen LogP contribution >= 0.6 is 0 Å². The maximum Gasteiger partial charge on any atom is 0.173 e. The summed E-state index contributed by atoms with van der Waals surface area (Å²) in [5.41, 5.74) is 1.26. The van der Waals surface area contributed by atoms with E-state index < -0.39 is 11.6 Å². The number of hydrogen-bond donors (Lipinski definition) is 0. The first-order chi connectivity index (χ1) is 9.52. The number of halogens is 2. The van der Waals surface area contributed by atoms with Crippen molar-refractivity contribution in [2.45, 2.75) is 13.3 Å². The molecule has 0 heterocycles. The van der Waals surface area contributed by atoms with Crippen LogP contribution in [-0.4, -0.2) is 12.9 Å². The van der Waals surface area contributed by atoms with Crippen LogP contribution in [0.1, 0.15) is 21.5 Å². The quantitative estimate of drug-likeness (QED) is 0.796. The molecule has 0 aliphatic rings. The van der Waals surface area contributed by atoms with E-state index in [9.17, 15) is 13.6 Å². The van der Waals surface area contributed by atoms with E-state index in [0.29, 0.717) is 11.1 Å². The van der Waals surface area contributed by atoms with Gasteiger partial charge in [0, 0.05) is 6.42 Å². The van der Waals surface area contributed by atoms with Crippen molar-refractivity contribution >= 4 is 5.78 Å². The molecule has 2 aromatic rings. The molecule has 0 atom stereocenters. The number of rotatable bonds is 4. The lowest BCUT2D eigenvalue weighted by Gasteiger charge is -2.10. The number of ether oxygens (including phenoxy) is 1. The average Bonchev–Trinajstić information content (AvgIpc) is 2.41. The second-order valence-electron chi connectivity index (χ2n) is 4.49. The first kappa shape index (κ1) is 14.2. The van der Waals surface area contributed by atoms with Gasteiger partial charge in [-0.05, 0) is 42.3 Å². The van der Waals surface area contributed by atoms with Crippen molar-refractivity contribution in [1.82, 2.24) is 0 Å². The van der Waals surface area contributed by atoms with Crippen LogP contribution in [0, 0.1) is 18.6 Å². The highest BCUT2D eigenvalue weighted by Gasteiger charge is 2.18. The maximum absolute atomic E-state index is 13.8. The highest BCUT2D eigenvalue weighted by molar-refractivity contribution is 6.00. The summed E-state index contributed by atoms with van der Waals surface area (Å²) in [7, 11) is 1.38. The van der Waals surface area contributed by atoms with Gasteiger partial charge in [0.15, 0.2) is 5.78 Å². The predicted octanol–water partition coefficient (Wildman–Crippen LogP) is 3.71. The average molecular weight is 276 g/mol. The number of aryl methyl sites for hydroxylation is 1. The Morgan fingerprint density at radius 2 is 1.95 bits per heavy atom. The Morgan fingerprint density at radius 3 is 2.60 bits per heavy atom. The molecular weight excluding hydrogens is 262 g/mol. The smallest absolute Gasteiger partial charge is 0.173 e. The van der Waals surface area contributed by atoms with Crippen molar-refractivity contribution in [1.29, 1.82) is 0 Å². The molecule has 0 saturated carbocycles. The van der Waals surface area contributed by atoms with Crippen LogP contribution in [0.3, 0.4) is 0 Å². The molecule has 2 aromatic carbocycles. The van der Waals surface area contributed by atoms with E-state index in [-0.39, 0.29) is 23.6 Å². The molecule has 4 heteroatoms. The summed E-state index contributed by atoms with van der Waals surface area (Å²) in [6.07, 6.45) is 0.00338. The third kappa shape index (κ3) is 2.85. The number of ketones is 1. The molecule has 0 bridgehead atoms. The number of hydrogen-bond acceptors (Lipinski definition) is 2. The topological polar surface area (TPSA) is 26.3 Å². The van der Waals surface area contributed by atoms with Gasteiger partial charge < -0.3 is 4.74 Å². The van der Waals surface area contributed by atoms with Gasteiger partial charge in [-0.2, -0.15) is 0 Å². The Morgan fingerprint density at radius 1 is 1.20 bits per heavy atom. The van der Waals surface area contributed by atoms with E-state index in [2.05, 4.69) is 0 Å². The molecular formula is C16H14F2O2. The van der Waals surface area contributed by atoms with Crippen molar-refractivity contribution in [3.8, 4) is 5.75 Å². The van der Waals surface area contributed by atoms with Gasteiger partial charge in [-0.1, -0.05) is 12.1 Å². The van der Waals surface area contributed by atoms with E-state index in [1.807, 2.05) is 0 Å². The standard InChI is InChI=1S/C16H14F2O2/c1-10-8-12(17)7-6-11(10)9-14(19)16-13(18)4-3-5-15(16)20-2/h3-8H,9H2,1-2H3. The summed E-state index contributed by atoms with van der Waals surface area (Å²) in [4.78, 5) is 12.2. The third-order valence-corrected chi connectivity index (χ3v) is 3.13. The molecule has 0 radical (unpaired) electrons. The summed E-state index contributed by atoms with van der Waals surface area (Å²) in [6, 6.07) is 8.40. The van der Waals surface area contributed by atoms with Gasteiger partial charge in [0.2, 0.25) is 0 Å². The molecule has 0 saturated heterocycles. The molecule has 104 valence electrons. The molecule has 0 aromatic heterocycles. The van der Waals surface area contributed by atoms with Gasteiger partial charge in [-0.25, -0.2) is 8.78 Å². The van der Waals surface area contributed by atoms with Crippen molar-refractivity contribution in [2.24, 2.45) is 0 Å². The zero-order chi connectivity index (χ0) is 14.7. The van der Waals surface area contributed by atoms with Crippen LogP contribution in [0.2, 0.25) is 0 Å². The van der Waals surface area contributed by atoms with Crippen LogP contribution in [0.25, 0.3) is 0 Å². The van der Waals surface area contributed by atoms with Crippen LogP contribution < -0.4 is 4.74 Å². The second kappa shape index (κ2) is 5.82. The number of carbonyl (C=O) groups excluding carboxylic acids is 1. The molecule has 2 nitrogen and oxygen atoms in total. The first-order valence-corrected chi connectivity index (χ1v) is 6.13. The molecule has 0 aliphatic carbocycles. The lowest BCUT2D eigenvalue weighted by molar-refractivity contribution is 0.0985. The van der Waals surface area contributed by atoms with Crippen LogP contribution in [0.4, 0.5) is 8.78 Å². The van der Waals surface area contributed by atoms with E-state index in [1.165, 1.54) is 43.5 Å². The molecule has 2 rings (SSSR count). The molecule has 0 fully saturated rings. The van der Waals surface area contributed by atoms with Gasteiger partial charge >= 0.3 is 0 Å². The summed E-state index contributed by atoms with van der Waals surface area (Å²) in [5.74, 6) is -1.17. The van der Waals surface area contributed by atoms with Crippen molar-refractivity contribution in [2.75, 3.05) is 7.11 Å². The largest absolute Gasteiger partial charge is 0.496 e. The number of Topliss-reactive ketones (excluding diaryl/α,β-unsaturated/α-hetero) is 1. The van der Waals surface area contributed by atoms with Crippen LogP contribution in [0.5, 0.6) is 5.75 Å². The summed E-state index contributed by atoms with van der Waals surface area (Å²) in [5, 5.41) is 0. The highest BCUT2D eigenvalue weighted by atomic mass is 19.1. The van der Waals surface area contributed by atoms with E-state index in [4.69, 9.17) is 4.74 Å². The summed E-state index contributed by atoms with van der Waals surface area (Å²) < 4.78 is 31.8. The minimum Gasteiger partial charge on any atom is -0.496 e. The van der Waals surface area contributed by atoms with Gasteiger partial charge in [0.1, 0.15) is 17.4 Å².